The van der Waals surface area contributed by atoms with Crippen LogP contribution < -0.4 is 14.0 Å². The molecule has 0 aliphatic rings. The van der Waals surface area contributed by atoms with Crippen molar-refractivity contribution in [3.8, 4) is 135 Å². The van der Waals surface area contributed by atoms with E-state index in [0.29, 0.717) is 127 Å². The quantitative estimate of drug-likeness (QED) is 0.0700. The first-order chi connectivity index (χ1) is 53.4. The lowest BCUT2D eigenvalue weighted by molar-refractivity contribution is -0.138. The molecule has 115 heavy (non-hydrogen) atoms. The van der Waals surface area contributed by atoms with Crippen LogP contribution in [0.25, 0.3) is 100 Å². The summed E-state index contributed by atoms with van der Waals surface area (Å²) in [6.45, 7) is 0. The van der Waals surface area contributed by atoms with Gasteiger partial charge in [0.05, 0.1) is 50.1 Å². The number of alkyl halides is 27. The fourth-order valence-corrected chi connectivity index (χ4v) is 12.7. The van der Waals surface area contributed by atoms with Crippen LogP contribution >= 0.6 is 0 Å². The van der Waals surface area contributed by atoms with Gasteiger partial charge in [-0.05, 0) is 177 Å². The van der Waals surface area contributed by atoms with Gasteiger partial charge in [0.15, 0.2) is 0 Å². The molecule has 12 aromatic carbocycles. The van der Waals surface area contributed by atoms with Gasteiger partial charge in [-0.3, -0.25) is 0 Å². The van der Waals surface area contributed by atoms with Gasteiger partial charge in [-0.15, -0.1) is 0 Å². The van der Waals surface area contributed by atoms with E-state index < -0.39 is 248 Å². The summed E-state index contributed by atoms with van der Waals surface area (Å²) in [5, 5.41) is 38.3. The predicted octanol–water partition coefficient (Wildman–Crippen LogP) is 27.5. The highest BCUT2D eigenvalue weighted by Crippen LogP contribution is 2.57. The molecule has 0 saturated carbocycles. The second-order valence-corrected chi connectivity index (χ2v) is 25.4. The van der Waals surface area contributed by atoms with Crippen molar-refractivity contribution in [3.63, 3.8) is 0 Å². The van der Waals surface area contributed by atoms with Crippen LogP contribution in [0.2, 0.25) is 0 Å². The topological polar surface area (TPSA) is 88.4 Å². The van der Waals surface area contributed by atoms with E-state index in [-0.39, 0.29) is 54.6 Å². The molecule has 0 heterocycles. The van der Waals surface area contributed by atoms with E-state index in [1.54, 1.807) is 0 Å². The summed E-state index contributed by atoms with van der Waals surface area (Å²) in [4.78, 5) is 0. The Balaban J connectivity index is 1.32. The lowest BCUT2D eigenvalue weighted by Crippen LogP contribution is -2.37. The van der Waals surface area contributed by atoms with Crippen LogP contribution in [0.1, 0.15) is 50.1 Å². The van der Waals surface area contributed by atoms with Gasteiger partial charge < -0.3 is 29.3 Å². The van der Waals surface area contributed by atoms with Gasteiger partial charge in [-0.25, -0.2) is 0 Å². The molecule has 0 radical (unpaired) electrons. The third-order valence-electron chi connectivity index (χ3n) is 17.8. The second kappa shape index (κ2) is 29.9. The van der Waals surface area contributed by atoms with Crippen LogP contribution in [0.5, 0.6) is 34.5 Å². The minimum atomic E-state index is -5.46. The van der Waals surface area contributed by atoms with Crippen LogP contribution in [0.15, 0.2) is 237 Å². The SMILES string of the molecule is Oc1c(-c2cccc(C(F)(F)F)c2)cc(OB(Oc2cc(-c3cccc(C(F)(F)F)c3)c(O)c(-c3cccc(C(F)(F)F)c3)c2-c2cccc(C(F)(F)F)c2)Oc2cc(-c3cccc(C(F)(F)F)c3)c(O)c(-c3cccc(C(F)(F)F)c3)c2-c2cccc(C(F)(F)F)c2)c(-c2cccc(C(F)(F)F)c2)c1-c1cccc(C(F)(F)F)c1. The molecule has 12 aromatic rings. The van der Waals surface area contributed by atoms with Crippen LogP contribution in [0.4, 0.5) is 119 Å². The van der Waals surface area contributed by atoms with Crippen LogP contribution in [0.3, 0.4) is 0 Å². The number of halogens is 27. The first-order valence-corrected chi connectivity index (χ1v) is 32.7. The molecule has 0 aliphatic carbocycles. The number of hydrogen-bond acceptors (Lipinski definition) is 6. The molecule has 0 aliphatic heterocycles. The summed E-state index contributed by atoms with van der Waals surface area (Å²) < 4.78 is 425. The number of phenols is 3. The van der Waals surface area contributed by atoms with E-state index >= 15 is 79.0 Å². The average Bonchev–Trinajstić information content (AvgIpc) is 0.749. The van der Waals surface area contributed by atoms with Gasteiger partial charge in [0.25, 0.3) is 0 Å². The molecule has 0 aromatic heterocycles. The summed E-state index contributed by atoms with van der Waals surface area (Å²) in [7, 11) is -3.52. The Morgan fingerprint density at radius 1 is 0.183 bits per heavy atom. The maximum Gasteiger partial charge on any atom is 0.864 e. The largest absolute Gasteiger partial charge is 0.864 e. The molecule has 594 valence electrons. The maximum absolute atomic E-state index is 15.2. The van der Waals surface area contributed by atoms with Gasteiger partial charge in [0.1, 0.15) is 34.5 Å². The van der Waals surface area contributed by atoms with Crippen molar-refractivity contribution in [2.75, 3.05) is 0 Å². The summed E-state index contributed by atoms with van der Waals surface area (Å²) in [6, 6.07) is 20.0. The van der Waals surface area contributed by atoms with Crippen LogP contribution in [-0.4, -0.2) is 22.6 Å². The van der Waals surface area contributed by atoms with E-state index in [2.05, 4.69) is 0 Å². The molecule has 34 heteroatoms. The van der Waals surface area contributed by atoms with Gasteiger partial charge in [0, 0.05) is 50.1 Å². The molecule has 6 nitrogen and oxygen atoms in total. The Labute approximate surface area is 629 Å². The number of rotatable bonds is 15. The van der Waals surface area contributed by atoms with Crippen molar-refractivity contribution in [2.45, 2.75) is 55.6 Å². The summed E-state index contributed by atoms with van der Waals surface area (Å²) in [5.74, 6) is -8.48. The molecule has 12 rings (SSSR count). The molecule has 0 atom stereocenters. The van der Waals surface area contributed by atoms with E-state index in [9.17, 15) is 54.8 Å². The maximum atomic E-state index is 15.2. The zero-order chi connectivity index (χ0) is 83.8. The van der Waals surface area contributed by atoms with E-state index in [4.69, 9.17) is 14.0 Å². The van der Waals surface area contributed by atoms with Crippen molar-refractivity contribution in [3.05, 3.63) is 287 Å². The zero-order valence-corrected chi connectivity index (χ0v) is 56.9. The van der Waals surface area contributed by atoms with Crippen molar-refractivity contribution in [1.29, 1.82) is 0 Å². The normalized spacial score (nSPS) is 12.8. The number of phenolic OH excluding ortho intramolecular Hbond substituents is 3. The van der Waals surface area contributed by atoms with Gasteiger partial charge in [-0.1, -0.05) is 109 Å². The summed E-state index contributed by atoms with van der Waals surface area (Å²) in [6.07, 6.45) is -48.6. The van der Waals surface area contributed by atoms with Crippen molar-refractivity contribution < 1.29 is 148 Å². The fraction of sp³-hybridized carbons (Fsp3) is 0.111. The lowest BCUT2D eigenvalue weighted by atomic mass is 9.86. The highest BCUT2D eigenvalue weighted by molar-refractivity contribution is 6.40. The van der Waals surface area contributed by atoms with E-state index in [1.807, 2.05) is 0 Å². The van der Waals surface area contributed by atoms with Crippen LogP contribution in [-0.2, 0) is 55.6 Å². The zero-order valence-electron chi connectivity index (χ0n) is 56.9. The Morgan fingerprint density at radius 2 is 0.322 bits per heavy atom. The first-order valence-electron chi connectivity index (χ1n) is 32.7. The van der Waals surface area contributed by atoms with Gasteiger partial charge in [-0.2, -0.15) is 119 Å². The molecular formula is C81H42BF27O6. The highest BCUT2D eigenvalue weighted by Gasteiger charge is 2.44. The van der Waals surface area contributed by atoms with Crippen molar-refractivity contribution >= 4 is 7.32 Å². The molecular weight excluding hydrogens is 1590 g/mol. The van der Waals surface area contributed by atoms with Crippen molar-refractivity contribution in [1.82, 2.24) is 0 Å². The van der Waals surface area contributed by atoms with Gasteiger partial charge in [0.2, 0.25) is 0 Å². The molecule has 0 unspecified atom stereocenters. The Hall–Kier alpha value is -12.4. The smallest absolute Gasteiger partial charge is 0.507 e. The summed E-state index contributed by atoms with van der Waals surface area (Å²) >= 11 is 0. The number of benzene rings is 12. The molecule has 0 spiro atoms. The monoisotopic (exact) mass is 1630 g/mol. The minimum Gasteiger partial charge on any atom is -0.507 e. The van der Waals surface area contributed by atoms with Gasteiger partial charge >= 0.3 is 62.9 Å². The summed E-state index contributed by atoms with van der Waals surface area (Å²) in [5.41, 5.74) is -33.1. The third kappa shape index (κ3) is 17.6. The van der Waals surface area contributed by atoms with Crippen molar-refractivity contribution in [2.24, 2.45) is 0 Å². The fourth-order valence-electron chi connectivity index (χ4n) is 12.7. The Morgan fingerprint density at radius 3 is 0.478 bits per heavy atom. The highest BCUT2D eigenvalue weighted by atomic mass is 19.4. The predicted molar refractivity (Wildman–Crippen MR) is 366 cm³/mol. The standard InChI is InChI=1S/C81H42BF27O6/c83-73(84,85)49-19-1-10-40(28-49)58-37-61(64(43-13-4-22-52(31-43)76(92,93)94)67(70(58)110)46-16-7-25-55(34-46)79(101,102)103)113-82(114-62-38-59(41-11-2-20-50(29-41)74(86,87)88)71(111)68(47-17-8-26-56(35-47)80(104,105)106)65(62)44-14-5-23-53(32-44)77(95,96)97)115-63-39-60(42-12-3-21-51(30-42)75(89,90)91)72(112)69(48-18-9-27-57(36-48)81(107,108)109)66(63)45-15-6-24-54(33-45)78(98,99)100/h1-39,110-112H. The van der Waals surface area contributed by atoms with E-state index in [0.717, 1.165) is 54.6 Å². The Kier molecular flexibility index (Phi) is 21.3. The second-order valence-electron chi connectivity index (χ2n) is 25.4. The first kappa shape index (κ1) is 82.1. The molecule has 0 amide bonds. The molecule has 0 bridgehead atoms. The molecule has 3 N–H and O–H groups in total. The van der Waals surface area contributed by atoms with Crippen LogP contribution in [0, 0.1) is 0 Å². The molecule has 0 saturated heterocycles. The lowest BCUT2D eigenvalue weighted by Gasteiger charge is -2.27. The van der Waals surface area contributed by atoms with E-state index in [1.165, 1.54) is 0 Å². The number of hydrogen-bond donors (Lipinski definition) is 3. The third-order valence-corrected chi connectivity index (χ3v) is 17.8. The minimum absolute atomic E-state index is 0.224. The Bertz CT molecular complexity index is 5160. The average molecular weight is 1630 g/mol. The molecule has 0 fully saturated rings. The number of aromatic hydroxyl groups is 3.